The number of nitrogens with zero attached hydrogens (tertiary/aromatic N) is 2. The summed E-state index contributed by atoms with van der Waals surface area (Å²) >= 11 is 1.54. The maximum absolute atomic E-state index is 12.6. The standard InChI is InChI=1S/C30H30N4O5S/c1-19(36)24-3-2-4-25(14-24)33-28(37)13-20-5-11-23(12-6-20)29-38-26(17-40-30-31-18-32-34-30)15-27(39-29)22-9-7-21(16-35)8-10-22/h2-12,14,18,26-27,29,35H,13,15-17H2,1H3,(H,33,37)(H,31,32,34)/t26-,27+,29?/m0/s1. The number of hydrogen-bond donors (Lipinski definition) is 3. The van der Waals surface area contributed by atoms with Gasteiger partial charge in [0.15, 0.2) is 17.2 Å². The second-order valence-electron chi connectivity index (χ2n) is 9.56. The van der Waals surface area contributed by atoms with Gasteiger partial charge in [-0.05, 0) is 35.7 Å². The van der Waals surface area contributed by atoms with Gasteiger partial charge >= 0.3 is 0 Å². The highest BCUT2D eigenvalue weighted by Crippen LogP contribution is 2.39. The minimum atomic E-state index is -0.589. The lowest BCUT2D eigenvalue weighted by molar-refractivity contribution is -0.245. The Labute approximate surface area is 236 Å². The second kappa shape index (κ2) is 13.0. The van der Waals surface area contributed by atoms with Crippen LogP contribution in [0.2, 0.25) is 0 Å². The van der Waals surface area contributed by atoms with Crippen molar-refractivity contribution in [3.05, 3.63) is 107 Å². The number of ether oxygens (including phenoxy) is 2. The van der Waals surface area contributed by atoms with E-state index in [9.17, 15) is 14.7 Å². The van der Waals surface area contributed by atoms with E-state index >= 15 is 0 Å². The van der Waals surface area contributed by atoms with Gasteiger partial charge in [-0.1, -0.05) is 72.4 Å². The minimum Gasteiger partial charge on any atom is -0.392 e. The average Bonchev–Trinajstić information content (AvgIpc) is 3.50. The van der Waals surface area contributed by atoms with Crippen LogP contribution < -0.4 is 5.32 Å². The highest BCUT2D eigenvalue weighted by molar-refractivity contribution is 7.99. The van der Waals surface area contributed by atoms with Crippen LogP contribution in [0.1, 0.15) is 58.4 Å². The number of amides is 1. The molecule has 0 saturated carbocycles. The number of anilines is 1. The number of aromatic nitrogens is 3. The van der Waals surface area contributed by atoms with Crippen LogP contribution in [0.3, 0.4) is 0 Å². The van der Waals surface area contributed by atoms with Gasteiger partial charge in [0.2, 0.25) is 5.91 Å². The monoisotopic (exact) mass is 558 g/mol. The molecule has 1 aromatic heterocycles. The Morgan fingerprint density at radius 2 is 1.77 bits per heavy atom. The maximum Gasteiger partial charge on any atom is 0.228 e. The SMILES string of the molecule is CC(=O)c1cccc(NC(=O)Cc2ccc(C3O[C@H](CSc4ncn[nH]4)C[C@H](c4ccc(CO)cc4)O3)cc2)c1. The van der Waals surface area contributed by atoms with Crippen molar-refractivity contribution in [3.8, 4) is 0 Å². The zero-order valence-electron chi connectivity index (χ0n) is 21.9. The third-order valence-electron chi connectivity index (χ3n) is 6.58. The summed E-state index contributed by atoms with van der Waals surface area (Å²) in [6, 6.07) is 22.3. The number of aliphatic hydroxyl groups excluding tert-OH is 1. The Morgan fingerprint density at radius 1 is 1.02 bits per heavy atom. The van der Waals surface area contributed by atoms with Crippen molar-refractivity contribution in [1.29, 1.82) is 0 Å². The number of aliphatic hydroxyl groups is 1. The molecule has 0 bridgehead atoms. The topological polar surface area (TPSA) is 126 Å². The molecule has 1 aliphatic rings. The average molecular weight is 559 g/mol. The quantitative estimate of drug-likeness (QED) is 0.183. The third-order valence-corrected chi connectivity index (χ3v) is 7.59. The van der Waals surface area contributed by atoms with Crippen molar-refractivity contribution >= 4 is 29.1 Å². The molecule has 0 spiro atoms. The fourth-order valence-electron chi connectivity index (χ4n) is 4.46. The smallest absolute Gasteiger partial charge is 0.228 e. The highest BCUT2D eigenvalue weighted by atomic mass is 32.2. The third kappa shape index (κ3) is 7.22. The molecule has 0 aliphatic carbocycles. The summed E-state index contributed by atoms with van der Waals surface area (Å²) in [5.41, 5.74) is 4.69. The molecular weight excluding hydrogens is 528 g/mol. The summed E-state index contributed by atoms with van der Waals surface area (Å²) in [5, 5.41) is 19.8. The van der Waals surface area contributed by atoms with Crippen molar-refractivity contribution in [2.45, 2.75) is 50.0 Å². The van der Waals surface area contributed by atoms with E-state index in [0.717, 1.165) is 27.4 Å². The van der Waals surface area contributed by atoms with Gasteiger partial charge in [-0.2, -0.15) is 5.10 Å². The number of nitrogens with one attached hydrogen (secondary N) is 2. The van der Waals surface area contributed by atoms with E-state index in [-0.39, 0.29) is 36.9 Å². The minimum absolute atomic E-state index is 0.0108. The van der Waals surface area contributed by atoms with E-state index in [1.54, 1.807) is 36.0 Å². The molecule has 1 unspecified atom stereocenters. The van der Waals surface area contributed by atoms with Crippen LogP contribution in [-0.2, 0) is 27.3 Å². The van der Waals surface area contributed by atoms with Gasteiger partial charge in [0, 0.05) is 29.0 Å². The van der Waals surface area contributed by atoms with E-state index in [1.165, 1.54) is 13.3 Å². The molecular formula is C30H30N4O5S. The number of hydrogen-bond acceptors (Lipinski definition) is 8. The number of Topliss-reactive ketones (excluding diaryl/α,β-unsaturated/α-hetero) is 1. The number of carbonyl (C=O) groups is 2. The van der Waals surface area contributed by atoms with Gasteiger partial charge in [-0.3, -0.25) is 14.7 Å². The fourth-order valence-corrected chi connectivity index (χ4v) is 5.25. The van der Waals surface area contributed by atoms with Crippen LogP contribution in [0.5, 0.6) is 0 Å². The number of aromatic amines is 1. The van der Waals surface area contributed by atoms with Crippen LogP contribution in [0.25, 0.3) is 0 Å². The number of H-pyrrole nitrogens is 1. The Balaban J connectivity index is 1.26. The van der Waals surface area contributed by atoms with Crippen molar-refractivity contribution in [1.82, 2.24) is 15.2 Å². The van der Waals surface area contributed by atoms with Crippen molar-refractivity contribution in [3.63, 3.8) is 0 Å². The Morgan fingerprint density at radius 3 is 2.48 bits per heavy atom. The molecule has 1 aliphatic heterocycles. The lowest BCUT2D eigenvalue weighted by Crippen LogP contribution is -2.31. The summed E-state index contributed by atoms with van der Waals surface area (Å²) in [7, 11) is 0. The van der Waals surface area contributed by atoms with Gasteiger partial charge < -0.3 is 19.9 Å². The maximum atomic E-state index is 12.6. The Hall–Kier alpha value is -3.83. The molecule has 4 aromatic rings. The first-order valence-electron chi connectivity index (χ1n) is 13.0. The summed E-state index contributed by atoms with van der Waals surface area (Å²) in [5.74, 6) is 0.445. The van der Waals surface area contributed by atoms with Crippen LogP contribution in [0.15, 0.2) is 84.3 Å². The van der Waals surface area contributed by atoms with E-state index in [1.807, 2.05) is 48.5 Å². The van der Waals surface area contributed by atoms with Crippen LogP contribution >= 0.6 is 11.8 Å². The van der Waals surface area contributed by atoms with Crippen molar-refractivity contribution < 1.29 is 24.2 Å². The van der Waals surface area contributed by atoms with E-state index < -0.39 is 6.29 Å². The lowest BCUT2D eigenvalue weighted by atomic mass is 10.0. The van der Waals surface area contributed by atoms with Gasteiger partial charge in [0.25, 0.3) is 0 Å². The lowest BCUT2D eigenvalue weighted by Gasteiger charge is -2.36. The molecule has 10 heteroatoms. The first kappa shape index (κ1) is 27.7. The molecule has 3 aromatic carbocycles. The number of rotatable bonds is 10. The zero-order valence-corrected chi connectivity index (χ0v) is 22.8. The Bertz CT molecular complexity index is 1430. The molecule has 0 radical (unpaired) electrons. The number of ketones is 1. The van der Waals surface area contributed by atoms with E-state index in [4.69, 9.17) is 9.47 Å². The number of benzene rings is 3. The van der Waals surface area contributed by atoms with Crippen molar-refractivity contribution in [2.75, 3.05) is 11.1 Å². The summed E-state index contributed by atoms with van der Waals surface area (Å²) < 4.78 is 12.7. The molecule has 9 nitrogen and oxygen atoms in total. The number of carbonyl (C=O) groups excluding carboxylic acids is 2. The predicted molar refractivity (Wildman–Crippen MR) is 151 cm³/mol. The van der Waals surface area contributed by atoms with Gasteiger partial charge in [0.05, 0.1) is 25.2 Å². The molecule has 1 amide bonds. The highest BCUT2D eigenvalue weighted by Gasteiger charge is 2.32. The molecule has 206 valence electrons. The van der Waals surface area contributed by atoms with Crippen LogP contribution in [-0.4, -0.2) is 43.8 Å². The molecule has 3 atom stereocenters. The fraction of sp³-hybridized carbons (Fsp3) is 0.267. The first-order chi connectivity index (χ1) is 19.5. The molecule has 5 rings (SSSR count). The normalized spacial score (nSPS) is 18.8. The van der Waals surface area contributed by atoms with Crippen LogP contribution in [0, 0.1) is 0 Å². The van der Waals surface area contributed by atoms with E-state index in [2.05, 4.69) is 20.5 Å². The van der Waals surface area contributed by atoms with Crippen LogP contribution in [0.4, 0.5) is 5.69 Å². The summed E-state index contributed by atoms with van der Waals surface area (Å²) in [4.78, 5) is 28.4. The first-order valence-corrected chi connectivity index (χ1v) is 13.9. The largest absolute Gasteiger partial charge is 0.392 e. The Kier molecular flexibility index (Phi) is 9.02. The summed E-state index contributed by atoms with van der Waals surface area (Å²) in [6.45, 7) is 1.48. The molecule has 2 heterocycles. The molecule has 40 heavy (non-hydrogen) atoms. The predicted octanol–water partition coefficient (Wildman–Crippen LogP) is 5.02. The van der Waals surface area contributed by atoms with Crippen molar-refractivity contribution in [2.24, 2.45) is 0 Å². The molecule has 3 N–H and O–H groups in total. The number of thioether (sulfide) groups is 1. The van der Waals surface area contributed by atoms with Gasteiger partial charge in [-0.25, -0.2) is 4.98 Å². The van der Waals surface area contributed by atoms with E-state index in [0.29, 0.717) is 23.4 Å². The molecule has 1 fully saturated rings. The molecule has 1 saturated heterocycles. The van der Waals surface area contributed by atoms with Gasteiger partial charge in [0.1, 0.15) is 6.33 Å². The van der Waals surface area contributed by atoms with Gasteiger partial charge in [-0.15, -0.1) is 0 Å². The zero-order chi connectivity index (χ0) is 27.9. The second-order valence-corrected chi connectivity index (χ2v) is 10.6. The summed E-state index contributed by atoms with van der Waals surface area (Å²) in [6.07, 6.45) is 1.45.